The quantitative estimate of drug-likeness (QED) is 0.860. The first kappa shape index (κ1) is 10.8. The van der Waals surface area contributed by atoms with Crippen LogP contribution in [0.25, 0.3) is 10.9 Å². The van der Waals surface area contributed by atoms with Crippen molar-refractivity contribution >= 4 is 10.9 Å². The van der Waals surface area contributed by atoms with Crippen LogP contribution < -0.4 is 5.73 Å². The molecule has 0 atom stereocenters. The molecule has 0 amide bonds. The third-order valence-electron chi connectivity index (χ3n) is 3.78. The van der Waals surface area contributed by atoms with Gasteiger partial charge in [0.1, 0.15) is 0 Å². The van der Waals surface area contributed by atoms with Crippen LogP contribution in [0.5, 0.6) is 0 Å². The molecule has 3 nitrogen and oxygen atoms in total. The van der Waals surface area contributed by atoms with Crippen molar-refractivity contribution in [3.05, 3.63) is 29.5 Å². The van der Waals surface area contributed by atoms with Crippen molar-refractivity contribution in [2.45, 2.75) is 38.1 Å². The molecule has 1 fully saturated rings. The summed E-state index contributed by atoms with van der Waals surface area (Å²) in [5.74, 6) is 0.480. The van der Waals surface area contributed by atoms with Crippen molar-refractivity contribution in [1.29, 1.82) is 0 Å². The van der Waals surface area contributed by atoms with Gasteiger partial charge in [0.15, 0.2) is 0 Å². The highest BCUT2D eigenvalue weighted by Gasteiger charge is 2.41. The average Bonchev–Trinajstić information content (AvgIpc) is 2.90. The van der Waals surface area contributed by atoms with E-state index >= 15 is 0 Å². The second-order valence-corrected chi connectivity index (χ2v) is 5.52. The predicted molar refractivity (Wildman–Crippen MR) is 69.9 cm³/mol. The number of aryl methyl sites for hydroxylation is 1. The Bertz CT molecular complexity index is 576. The molecule has 0 saturated heterocycles. The van der Waals surface area contributed by atoms with Crippen LogP contribution in [0.4, 0.5) is 0 Å². The molecule has 2 aromatic rings. The minimum absolute atomic E-state index is 0.109. The lowest BCUT2D eigenvalue weighted by Gasteiger charge is -2.09. The molecule has 3 heteroatoms. The zero-order valence-electron chi connectivity index (χ0n) is 10.7. The molecule has 90 valence electrons. The lowest BCUT2D eigenvalue weighted by atomic mass is 9.99. The molecular weight excluding hydrogens is 210 g/mol. The van der Waals surface area contributed by atoms with Gasteiger partial charge in [-0.1, -0.05) is 32.0 Å². The molecule has 0 radical (unpaired) electrons. The average molecular weight is 229 g/mol. The molecule has 1 aliphatic carbocycles. The van der Waals surface area contributed by atoms with E-state index in [0.717, 1.165) is 18.4 Å². The Labute approximate surface area is 102 Å². The Kier molecular flexibility index (Phi) is 2.11. The second-order valence-electron chi connectivity index (χ2n) is 5.52. The van der Waals surface area contributed by atoms with E-state index in [1.54, 1.807) is 0 Å². The Morgan fingerprint density at radius 1 is 1.35 bits per heavy atom. The van der Waals surface area contributed by atoms with E-state index in [1.165, 1.54) is 16.6 Å². The van der Waals surface area contributed by atoms with Crippen molar-refractivity contribution in [3.63, 3.8) is 0 Å². The summed E-state index contributed by atoms with van der Waals surface area (Å²) in [6.45, 7) is 4.41. The molecule has 0 spiro atoms. The molecular formula is C14H19N3. The number of benzene rings is 1. The van der Waals surface area contributed by atoms with Crippen molar-refractivity contribution in [1.82, 2.24) is 9.78 Å². The predicted octanol–water partition coefficient (Wildman–Crippen LogP) is 2.64. The topological polar surface area (TPSA) is 43.8 Å². The van der Waals surface area contributed by atoms with Gasteiger partial charge >= 0.3 is 0 Å². The number of nitrogens with two attached hydrogens (primary N) is 1. The summed E-state index contributed by atoms with van der Waals surface area (Å²) in [6.07, 6.45) is 2.17. The van der Waals surface area contributed by atoms with Gasteiger partial charge in [0.2, 0.25) is 0 Å². The molecule has 2 N–H and O–H groups in total. The van der Waals surface area contributed by atoms with Gasteiger partial charge < -0.3 is 5.73 Å². The van der Waals surface area contributed by atoms with Crippen LogP contribution in [-0.4, -0.2) is 9.78 Å². The molecule has 0 aliphatic heterocycles. The van der Waals surface area contributed by atoms with E-state index in [-0.39, 0.29) is 5.54 Å². The Hall–Kier alpha value is -1.35. The highest BCUT2D eigenvalue weighted by molar-refractivity contribution is 5.86. The normalized spacial score (nSPS) is 17.9. The number of rotatable bonds is 2. The third-order valence-corrected chi connectivity index (χ3v) is 3.78. The van der Waals surface area contributed by atoms with Gasteiger partial charge in [0.05, 0.1) is 5.52 Å². The van der Waals surface area contributed by atoms with E-state index in [4.69, 9.17) is 5.73 Å². The second kappa shape index (κ2) is 3.33. The fraction of sp³-hybridized carbons (Fsp3) is 0.500. The summed E-state index contributed by atoms with van der Waals surface area (Å²) in [5.41, 5.74) is 9.82. The van der Waals surface area contributed by atoms with E-state index < -0.39 is 0 Å². The maximum absolute atomic E-state index is 6.32. The molecule has 1 aliphatic rings. The summed E-state index contributed by atoms with van der Waals surface area (Å²) in [4.78, 5) is 0. The van der Waals surface area contributed by atoms with Gasteiger partial charge in [-0.25, -0.2) is 0 Å². The summed E-state index contributed by atoms with van der Waals surface area (Å²) < 4.78 is 2.00. The summed E-state index contributed by atoms with van der Waals surface area (Å²) >= 11 is 0. The lowest BCUT2D eigenvalue weighted by molar-refractivity contribution is 0.674. The maximum atomic E-state index is 6.32. The van der Waals surface area contributed by atoms with Crippen molar-refractivity contribution in [2.24, 2.45) is 12.8 Å². The fourth-order valence-corrected chi connectivity index (χ4v) is 2.73. The van der Waals surface area contributed by atoms with Crippen molar-refractivity contribution in [3.8, 4) is 0 Å². The minimum Gasteiger partial charge on any atom is -0.321 e. The first-order chi connectivity index (χ1) is 8.03. The van der Waals surface area contributed by atoms with Crippen LogP contribution in [0.2, 0.25) is 0 Å². The standard InChI is InChI=1S/C14H19N3/c1-9(2)13-10-5-4-6-11(14(15)7-8-14)12(10)16-17(13)3/h4-6,9H,7-8,15H2,1-3H3. The summed E-state index contributed by atoms with van der Waals surface area (Å²) in [5, 5.41) is 5.94. The van der Waals surface area contributed by atoms with E-state index in [0.29, 0.717) is 5.92 Å². The Morgan fingerprint density at radius 2 is 2.06 bits per heavy atom. The number of hydrogen-bond donors (Lipinski definition) is 1. The summed E-state index contributed by atoms with van der Waals surface area (Å²) in [6, 6.07) is 6.40. The largest absolute Gasteiger partial charge is 0.321 e. The van der Waals surface area contributed by atoms with E-state index in [9.17, 15) is 0 Å². The number of aromatic nitrogens is 2. The minimum atomic E-state index is -0.109. The maximum Gasteiger partial charge on any atom is 0.0976 e. The van der Waals surface area contributed by atoms with Gasteiger partial charge in [-0.05, 0) is 18.8 Å². The molecule has 3 rings (SSSR count). The third kappa shape index (κ3) is 1.49. The number of hydrogen-bond acceptors (Lipinski definition) is 2. The molecule has 1 aromatic carbocycles. The zero-order valence-corrected chi connectivity index (χ0v) is 10.7. The molecule has 1 saturated carbocycles. The van der Waals surface area contributed by atoms with Crippen LogP contribution >= 0.6 is 0 Å². The van der Waals surface area contributed by atoms with Gasteiger partial charge in [-0.3, -0.25) is 4.68 Å². The van der Waals surface area contributed by atoms with Gasteiger partial charge in [-0.2, -0.15) is 5.10 Å². The van der Waals surface area contributed by atoms with Crippen molar-refractivity contribution in [2.75, 3.05) is 0 Å². The van der Waals surface area contributed by atoms with E-state index in [1.807, 2.05) is 11.7 Å². The first-order valence-corrected chi connectivity index (χ1v) is 6.28. The van der Waals surface area contributed by atoms with Crippen LogP contribution in [-0.2, 0) is 12.6 Å². The Balaban J connectivity index is 2.31. The smallest absolute Gasteiger partial charge is 0.0976 e. The first-order valence-electron chi connectivity index (χ1n) is 6.28. The van der Waals surface area contributed by atoms with Crippen molar-refractivity contribution < 1.29 is 0 Å². The van der Waals surface area contributed by atoms with E-state index in [2.05, 4.69) is 37.1 Å². The SMILES string of the molecule is CC(C)c1c2cccc(C3(N)CC3)c2nn1C. The molecule has 1 heterocycles. The number of fused-ring (bicyclic) bond motifs is 1. The highest BCUT2D eigenvalue weighted by Crippen LogP contribution is 2.45. The van der Waals surface area contributed by atoms with Gasteiger partial charge in [-0.15, -0.1) is 0 Å². The molecule has 0 bridgehead atoms. The van der Waals surface area contributed by atoms with Crippen LogP contribution in [0, 0.1) is 0 Å². The van der Waals surface area contributed by atoms with Gasteiger partial charge in [0.25, 0.3) is 0 Å². The van der Waals surface area contributed by atoms with Gasteiger partial charge in [0, 0.05) is 29.2 Å². The highest BCUT2D eigenvalue weighted by atomic mass is 15.3. The van der Waals surface area contributed by atoms with Crippen LogP contribution in [0.15, 0.2) is 18.2 Å². The monoisotopic (exact) mass is 229 g/mol. The lowest BCUT2D eigenvalue weighted by Crippen LogP contribution is -2.19. The summed E-state index contributed by atoms with van der Waals surface area (Å²) in [7, 11) is 2.02. The van der Waals surface area contributed by atoms with Crippen LogP contribution in [0.1, 0.15) is 43.9 Å². The molecule has 0 unspecified atom stereocenters. The molecule has 17 heavy (non-hydrogen) atoms. The number of nitrogens with zero attached hydrogens (tertiary/aromatic N) is 2. The van der Waals surface area contributed by atoms with Crippen LogP contribution in [0.3, 0.4) is 0 Å². The Morgan fingerprint density at radius 3 is 2.65 bits per heavy atom. The zero-order chi connectivity index (χ0) is 12.2. The fourth-order valence-electron chi connectivity index (χ4n) is 2.73. The molecule has 1 aromatic heterocycles.